The van der Waals surface area contributed by atoms with E-state index < -0.39 is 0 Å². The van der Waals surface area contributed by atoms with Crippen molar-refractivity contribution in [2.45, 2.75) is 198 Å². The molecule has 2 fully saturated rings. The molecule has 0 spiro atoms. The number of rotatable bonds is 7. The standard InChI is InChI=1S/C32H35N2.C28H27N2.C26H27N2.C23H23N2.C20H23BN3/c1-20(2)24-14-11-15-25(21(3)4)31(24)28-18-30(33(7)19-23(28)6)34-29-17-9-8-13-26(29)27-16-10-12-22(5)32(27)34;1-18-10-8-11-19(2)27(18)24-17-29(5)26(16-21(24)4)30-25-15-7-6-13-22(25)23-14-9-12-20(3)28(23)30;1-17-8-5-9-18-19-10-6-11-20-23(19)28-21(16-27(2)24(28)22(17)18)26-13-4-3-12-25(20,26)14-7-15-26;1-14-12-13-24(5)22-19(14)23(3,4)18-11-7-10-17-16-9-6-8-15(2)20(16)25(22)21(17)18;1-14-8-7-11-17-18(14)20-22(4)12-13-24(20)21(23(17)5)19-15(2)9-6-10-16(19)3/h8-21H,1-7H3;6-17H,1-5H3;5-6,8-11,16H,3-4,7,12-15H2,1-2H3;6-13H,1-5H3;6-13H,1-5H3/q5*+1. The minimum Gasteiger partial charge on any atom is -0.372 e. The lowest BCUT2D eigenvalue weighted by atomic mass is 9.52. The van der Waals surface area contributed by atoms with Gasteiger partial charge in [0, 0.05) is 99.3 Å². The zero-order valence-corrected chi connectivity index (χ0v) is 87.2. The molecule has 0 N–H and O–H groups in total. The molecule has 0 saturated heterocycles. The molecule has 26 rings (SSSR count). The molecule has 5 aliphatic rings. The molecule has 12 heterocycles. The molecule has 0 bridgehead atoms. The number of nitrogens with zero attached hydrogens (tertiary/aromatic N) is 11. The average molecular weight is 1850 g/mol. The van der Waals surface area contributed by atoms with E-state index in [9.17, 15) is 0 Å². The van der Waals surface area contributed by atoms with Gasteiger partial charge in [0.05, 0.1) is 70.3 Å². The van der Waals surface area contributed by atoms with Crippen LogP contribution >= 0.6 is 0 Å². The Morgan fingerprint density at radius 3 is 1.41 bits per heavy atom. The van der Waals surface area contributed by atoms with Crippen LogP contribution in [0.1, 0.15) is 199 Å². The summed E-state index contributed by atoms with van der Waals surface area (Å²) in [5.41, 5.74) is 45.6. The number of benzene rings is 12. The van der Waals surface area contributed by atoms with Gasteiger partial charge < -0.3 is 4.81 Å². The zero-order valence-electron chi connectivity index (χ0n) is 87.2. The first-order valence-corrected chi connectivity index (χ1v) is 51.4. The van der Waals surface area contributed by atoms with E-state index in [-0.39, 0.29) is 12.4 Å². The molecule has 141 heavy (non-hydrogen) atoms. The van der Waals surface area contributed by atoms with Gasteiger partial charge in [-0.1, -0.05) is 237 Å². The maximum atomic E-state index is 2.69. The topological polar surface area (TPSA) is 46.8 Å². The summed E-state index contributed by atoms with van der Waals surface area (Å²) in [4.78, 5) is 2.41. The number of pyridine rings is 4. The summed E-state index contributed by atoms with van der Waals surface area (Å²) in [7, 11) is 13.1. The molecular formula is C129H135BN11+5. The van der Waals surface area contributed by atoms with Gasteiger partial charge >= 0.3 is 6.98 Å². The van der Waals surface area contributed by atoms with E-state index in [2.05, 4.69) is 503 Å². The molecule has 12 aromatic carbocycles. The van der Waals surface area contributed by atoms with Crippen LogP contribution in [0.15, 0.2) is 286 Å². The Hall–Kier alpha value is -14.2. The van der Waals surface area contributed by atoms with Gasteiger partial charge in [0.15, 0.2) is 5.69 Å². The number of hydrogen-bond acceptors (Lipinski definition) is 1. The van der Waals surface area contributed by atoms with Crippen molar-refractivity contribution in [1.82, 2.24) is 22.7 Å². The predicted octanol–water partition coefficient (Wildman–Crippen LogP) is 27.7. The first-order chi connectivity index (χ1) is 67.9. The second-order valence-corrected chi connectivity index (χ2v) is 43.3. The molecule has 12 heteroatoms. The third-order valence-electron chi connectivity index (χ3n) is 33.6. The van der Waals surface area contributed by atoms with E-state index >= 15 is 0 Å². The molecular weight excluding hydrogens is 1710 g/mol. The number of para-hydroxylation sites is 7. The highest BCUT2D eigenvalue weighted by atomic mass is 15.2. The lowest BCUT2D eigenvalue weighted by Gasteiger charge is -2.50. The molecule has 3 aliphatic heterocycles. The fourth-order valence-electron chi connectivity index (χ4n) is 27.3. The summed E-state index contributed by atoms with van der Waals surface area (Å²) in [5, 5.41) is 12.2. The van der Waals surface area contributed by atoms with Crippen LogP contribution in [0.3, 0.4) is 0 Å². The van der Waals surface area contributed by atoms with Crippen LogP contribution in [0.4, 0.5) is 5.69 Å². The third kappa shape index (κ3) is 13.9. The normalized spacial score (nSPS) is 15.8. The zero-order chi connectivity index (χ0) is 98.3. The summed E-state index contributed by atoms with van der Waals surface area (Å²) in [6, 6.07) is 91.7. The van der Waals surface area contributed by atoms with E-state index in [4.69, 9.17) is 0 Å². The first-order valence-electron chi connectivity index (χ1n) is 51.4. The molecule has 11 nitrogen and oxygen atoms in total. The number of imidazole rings is 2. The van der Waals surface area contributed by atoms with Crippen LogP contribution in [-0.4, -0.2) is 36.7 Å². The maximum Gasteiger partial charge on any atom is 0.537 e. The van der Waals surface area contributed by atoms with Crippen molar-refractivity contribution in [3.63, 3.8) is 0 Å². The monoisotopic (exact) mass is 1850 g/mol. The number of hydrogen-bond donors (Lipinski definition) is 0. The van der Waals surface area contributed by atoms with Crippen LogP contribution < -0.4 is 33.0 Å². The molecule has 0 amide bonds. The van der Waals surface area contributed by atoms with E-state index in [0.29, 0.717) is 22.7 Å². The van der Waals surface area contributed by atoms with Crippen molar-refractivity contribution in [2.24, 2.45) is 35.2 Å². The Morgan fingerprint density at radius 2 is 0.809 bits per heavy atom. The molecule has 0 radical (unpaired) electrons. The van der Waals surface area contributed by atoms with Crippen LogP contribution in [0.2, 0.25) is 0 Å². The number of aryl methyl sites for hydroxylation is 17. The van der Waals surface area contributed by atoms with Crippen LogP contribution in [0.5, 0.6) is 0 Å². The lowest BCUT2D eigenvalue weighted by Crippen LogP contribution is -2.70. The molecule has 9 aromatic heterocycles. The van der Waals surface area contributed by atoms with Crippen LogP contribution in [0.25, 0.3) is 144 Å². The molecule has 704 valence electrons. The summed E-state index contributed by atoms with van der Waals surface area (Å²) in [6.07, 6.45) is 23.3. The number of fused-ring (bicyclic) bond motifs is 17. The highest BCUT2D eigenvalue weighted by molar-refractivity contribution is 6.70. The molecule has 2 aliphatic carbocycles. The largest absolute Gasteiger partial charge is 0.537 e. The Morgan fingerprint density at radius 1 is 0.348 bits per heavy atom. The van der Waals surface area contributed by atoms with Crippen molar-refractivity contribution in [1.29, 1.82) is 0 Å². The van der Waals surface area contributed by atoms with Crippen molar-refractivity contribution in [3.8, 4) is 51.1 Å². The highest BCUT2D eigenvalue weighted by Crippen LogP contribution is 2.66. The van der Waals surface area contributed by atoms with Crippen molar-refractivity contribution < 1.29 is 22.7 Å². The smallest absolute Gasteiger partial charge is 0.372 e. The maximum absolute atomic E-state index is 2.69. The van der Waals surface area contributed by atoms with Crippen LogP contribution in [0, 0.1) is 83.1 Å². The Balaban J connectivity index is 0.000000102. The Bertz CT molecular complexity index is 8700. The van der Waals surface area contributed by atoms with Gasteiger partial charge in [0.1, 0.15) is 57.2 Å². The SMILES string of the molecule is Cc1c[n+](C)c(-n2c3ccccc3c3cccc(C)c32)cc1-c1c(C(C)C)cccc1C(C)C.Cc1cc(-n2c3ccccc3c3cccc(C)c32)[n+](C)cc1-c1c(C)cccc1C.Cc1cc[n+](C)c2c1C(C)(C)c1cccc3c4cccc(C)c4n-2c13.Cc1cccc(C)c1B1N(C)c2cccc(C)c2-c2n(C)cc[n+]21.Cc1cccc2c3cccc4c3n3c(c[n+](C)c3c12)C12CCCCC41CCC2. The number of aromatic nitrogens is 10. The minimum absolute atomic E-state index is 0.0176. The number of anilines is 1. The second kappa shape index (κ2) is 34.6. The molecule has 2 unspecified atom stereocenters. The Labute approximate surface area is 832 Å². The van der Waals surface area contributed by atoms with Gasteiger partial charge in [0.2, 0.25) is 0 Å². The average Bonchev–Trinajstić information content (AvgIpc) is 1.52. The fraction of sp³-hybridized carbons (Fsp3) is 0.279. The summed E-state index contributed by atoms with van der Waals surface area (Å²) >= 11 is 0. The fourth-order valence-corrected chi connectivity index (χ4v) is 27.3. The van der Waals surface area contributed by atoms with Gasteiger partial charge in [-0.05, 0) is 283 Å². The second-order valence-electron chi connectivity index (χ2n) is 43.3. The first kappa shape index (κ1) is 91.8. The quantitative estimate of drug-likeness (QED) is 0.0891. The van der Waals surface area contributed by atoms with Crippen LogP contribution in [-0.2, 0) is 51.5 Å². The minimum atomic E-state index is -0.0176. The highest BCUT2D eigenvalue weighted by Gasteiger charge is 2.64. The summed E-state index contributed by atoms with van der Waals surface area (Å²) in [6.45, 7) is 40.8. The summed E-state index contributed by atoms with van der Waals surface area (Å²) < 4.78 is 24.0. The van der Waals surface area contributed by atoms with Crippen molar-refractivity contribution in [2.75, 3.05) is 11.9 Å². The van der Waals surface area contributed by atoms with Gasteiger partial charge in [0.25, 0.3) is 28.9 Å². The van der Waals surface area contributed by atoms with E-state index in [0.717, 1.165) is 0 Å². The van der Waals surface area contributed by atoms with Gasteiger partial charge in [-0.25, -0.2) is 22.8 Å². The van der Waals surface area contributed by atoms with E-state index in [1.807, 2.05) is 0 Å². The Kier molecular flexibility index (Phi) is 22.6. The van der Waals surface area contributed by atoms with Gasteiger partial charge in [-0.3, -0.25) is 4.48 Å². The van der Waals surface area contributed by atoms with E-state index in [1.165, 1.54) is 289 Å². The molecule has 21 aromatic rings. The lowest BCUT2D eigenvalue weighted by molar-refractivity contribution is -0.666. The van der Waals surface area contributed by atoms with Crippen molar-refractivity contribution >= 4 is 111 Å². The summed E-state index contributed by atoms with van der Waals surface area (Å²) in [5.74, 6) is 5.87. The third-order valence-corrected chi connectivity index (χ3v) is 33.6. The predicted molar refractivity (Wildman–Crippen MR) is 590 cm³/mol. The van der Waals surface area contributed by atoms with Crippen molar-refractivity contribution in [3.05, 3.63) is 386 Å². The van der Waals surface area contributed by atoms with E-state index in [1.54, 1.807) is 11.3 Å². The molecule has 2 atom stereocenters. The van der Waals surface area contributed by atoms with Gasteiger partial charge in [-0.2, -0.15) is 18.1 Å². The van der Waals surface area contributed by atoms with Gasteiger partial charge in [-0.15, -0.1) is 0 Å². The molecule has 2 saturated carbocycles.